The predicted octanol–water partition coefficient (Wildman–Crippen LogP) is -2.91. The summed E-state index contributed by atoms with van der Waals surface area (Å²) in [7, 11) is 0. The Kier molecular flexibility index (Phi) is 4.21. The third-order valence-corrected chi connectivity index (χ3v) is 1.88. The Balaban J connectivity index is 0.00000121. The first kappa shape index (κ1) is 11.4. The van der Waals surface area contributed by atoms with Crippen LogP contribution >= 0.6 is 0 Å². The van der Waals surface area contributed by atoms with Crippen LogP contribution in [0.3, 0.4) is 0 Å². The molecule has 1 rings (SSSR count). The van der Waals surface area contributed by atoms with Crippen LogP contribution in [0, 0.1) is 0 Å². The Hall–Kier alpha value is -0.600. The summed E-state index contributed by atoms with van der Waals surface area (Å²) in [6.07, 6.45) is 0. The van der Waals surface area contributed by atoms with Crippen molar-refractivity contribution >= 4 is 5.84 Å². The number of hydrogen-bond donors (Lipinski definition) is 1. The van der Waals surface area contributed by atoms with Gasteiger partial charge < -0.3 is 12.4 Å². The summed E-state index contributed by atoms with van der Waals surface area (Å²) in [6, 6.07) is 0. The molecule has 0 unspecified atom stereocenters. The van der Waals surface area contributed by atoms with Gasteiger partial charge in [-0.25, -0.2) is 0 Å². The van der Waals surface area contributed by atoms with E-state index in [0.717, 1.165) is 24.4 Å². The Morgan fingerprint density at radius 1 is 1.42 bits per heavy atom. The normalized spacial score (nSPS) is 15.8. The molecule has 0 amide bonds. The highest BCUT2D eigenvalue weighted by Crippen LogP contribution is 1.97. The van der Waals surface area contributed by atoms with Gasteiger partial charge in [-0.3, -0.25) is 5.32 Å². The zero-order chi connectivity index (χ0) is 8.43. The molecule has 0 radical (unpaired) electrons. The maximum atomic E-state index is 3.92. The molecule has 0 saturated heterocycles. The number of quaternary nitrogens is 1. The largest absolute Gasteiger partial charge is 1.00 e. The van der Waals surface area contributed by atoms with Gasteiger partial charge in [-0.05, 0) is 13.5 Å². The maximum Gasteiger partial charge on any atom is 0.368 e. The fourth-order valence-corrected chi connectivity index (χ4v) is 1.36. The van der Waals surface area contributed by atoms with Crippen LogP contribution in [-0.2, 0) is 0 Å². The lowest BCUT2D eigenvalue weighted by molar-refractivity contribution is -0.536. The standard InChI is InChI=1S/C9H14N2.ClH/c1-7(2)9-10-5-6-11(9)8(3)4;/h1,3,5-6H2,2,4H3;1H/p+1. The van der Waals surface area contributed by atoms with E-state index in [2.05, 4.69) is 23.1 Å². The van der Waals surface area contributed by atoms with Crippen LogP contribution in [0.1, 0.15) is 13.8 Å². The van der Waals surface area contributed by atoms with Gasteiger partial charge in [-0.1, -0.05) is 6.58 Å². The molecule has 0 fully saturated rings. The van der Waals surface area contributed by atoms with Crippen molar-refractivity contribution < 1.29 is 22.3 Å². The van der Waals surface area contributed by atoms with Crippen LogP contribution in [-0.4, -0.2) is 23.5 Å². The van der Waals surface area contributed by atoms with Crippen LogP contribution in [0.2, 0.25) is 0 Å². The average Bonchev–Trinajstić information content (AvgIpc) is 2.32. The zero-order valence-electron chi connectivity index (χ0n) is 7.73. The number of amidine groups is 1. The van der Waals surface area contributed by atoms with Crippen molar-refractivity contribution in [2.45, 2.75) is 13.8 Å². The third-order valence-electron chi connectivity index (χ3n) is 1.88. The Morgan fingerprint density at radius 2 is 2.00 bits per heavy atom. The second-order valence-electron chi connectivity index (χ2n) is 3.05. The molecule has 0 saturated carbocycles. The minimum atomic E-state index is 0. The van der Waals surface area contributed by atoms with Crippen LogP contribution in [0.15, 0.2) is 24.4 Å². The second-order valence-corrected chi connectivity index (χ2v) is 3.05. The molecule has 0 bridgehead atoms. The van der Waals surface area contributed by atoms with E-state index < -0.39 is 0 Å². The minimum absolute atomic E-state index is 0. The lowest BCUT2D eigenvalue weighted by Gasteiger charge is -1.93. The van der Waals surface area contributed by atoms with Crippen LogP contribution in [0.25, 0.3) is 0 Å². The summed E-state index contributed by atoms with van der Waals surface area (Å²) in [4.78, 5) is 0. The Labute approximate surface area is 80.1 Å². The summed E-state index contributed by atoms with van der Waals surface area (Å²) in [6.45, 7) is 14.1. The molecule has 0 aromatic heterocycles. The Bertz CT molecular complexity index is 217. The summed E-state index contributed by atoms with van der Waals surface area (Å²) < 4.78 is 2.21. The molecule has 1 aliphatic rings. The first-order valence-corrected chi connectivity index (χ1v) is 3.92. The van der Waals surface area contributed by atoms with E-state index in [1.807, 2.05) is 13.8 Å². The van der Waals surface area contributed by atoms with Crippen molar-refractivity contribution in [1.82, 2.24) is 0 Å². The SMILES string of the molecule is C=C(C)C1=[N+](C(=C)C)CC[NH2+]1.[Cl-]. The van der Waals surface area contributed by atoms with Crippen LogP contribution in [0.4, 0.5) is 0 Å². The van der Waals surface area contributed by atoms with E-state index in [1.54, 1.807) is 0 Å². The first-order valence-electron chi connectivity index (χ1n) is 3.92. The number of rotatable bonds is 2. The predicted molar refractivity (Wildman–Crippen MR) is 46.6 cm³/mol. The van der Waals surface area contributed by atoms with E-state index in [9.17, 15) is 0 Å². The number of allylic oxidation sites excluding steroid dienone is 1. The maximum absolute atomic E-state index is 3.92. The fraction of sp³-hybridized carbons (Fsp3) is 0.444. The zero-order valence-corrected chi connectivity index (χ0v) is 8.49. The molecule has 2 nitrogen and oxygen atoms in total. The molecule has 0 atom stereocenters. The summed E-state index contributed by atoms with van der Waals surface area (Å²) in [5.74, 6) is 1.25. The number of nitrogens with two attached hydrogens (primary N) is 1. The summed E-state index contributed by atoms with van der Waals surface area (Å²) >= 11 is 0. The van der Waals surface area contributed by atoms with Gasteiger partial charge >= 0.3 is 5.84 Å². The molecule has 68 valence electrons. The lowest BCUT2D eigenvalue weighted by Crippen LogP contribution is -3.00. The molecule has 0 aliphatic carbocycles. The average molecular weight is 188 g/mol. The monoisotopic (exact) mass is 187 g/mol. The van der Waals surface area contributed by atoms with Crippen molar-refractivity contribution in [2.75, 3.05) is 13.1 Å². The van der Waals surface area contributed by atoms with Gasteiger partial charge in [0, 0.05) is 6.92 Å². The second kappa shape index (κ2) is 4.43. The molecular formula is C9H16ClN2+. The van der Waals surface area contributed by atoms with E-state index in [4.69, 9.17) is 0 Å². The topological polar surface area (TPSA) is 19.6 Å². The third kappa shape index (κ3) is 2.19. The molecule has 3 heteroatoms. The molecule has 0 aromatic carbocycles. The molecule has 0 aromatic rings. The summed E-state index contributed by atoms with van der Waals surface area (Å²) in [5.41, 5.74) is 2.24. The number of hydrogen-bond acceptors (Lipinski definition) is 0. The quantitative estimate of drug-likeness (QED) is 0.448. The van der Waals surface area contributed by atoms with E-state index in [0.29, 0.717) is 0 Å². The molecule has 12 heavy (non-hydrogen) atoms. The van der Waals surface area contributed by atoms with Gasteiger partial charge in [0.05, 0.1) is 5.57 Å². The van der Waals surface area contributed by atoms with Crippen molar-refractivity contribution in [1.29, 1.82) is 0 Å². The highest BCUT2D eigenvalue weighted by molar-refractivity contribution is 5.85. The van der Waals surface area contributed by atoms with Crippen molar-refractivity contribution in [3.63, 3.8) is 0 Å². The smallest absolute Gasteiger partial charge is 0.368 e. The van der Waals surface area contributed by atoms with Gasteiger partial charge in [0.25, 0.3) is 0 Å². The lowest BCUT2D eigenvalue weighted by atomic mass is 10.3. The minimum Gasteiger partial charge on any atom is -1.00 e. The van der Waals surface area contributed by atoms with E-state index in [1.165, 1.54) is 5.84 Å². The molecule has 1 aliphatic heterocycles. The van der Waals surface area contributed by atoms with Gasteiger partial charge in [-0.15, -0.1) is 4.58 Å². The van der Waals surface area contributed by atoms with Crippen molar-refractivity contribution in [2.24, 2.45) is 0 Å². The van der Waals surface area contributed by atoms with Crippen LogP contribution < -0.4 is 17.7 Å². The van der Waals surface area contributed by atoms with Gasteiger partial charge in [0.2, 0.25) is 6.54 Å². The highest BCUT2D eigenvalue weighted by Gasteiger charge is 2.27. The Morgan fingerprint density at radius 3 is 2.33 bits per heavy atom. The summed E-state index contributed by atoms with van der Waals surface area (Å²) in [5, 5.41) is 2.22. The molecule has 1 heterocycles. The number of halogens is 1. The van der Waals surface area contributed by atoms with Crippen LogP contribution in [0.5, 0.6) is 0 Å². The van der Waals surface area contributed by atoms with E-state index >= 15 is 0 Å². The number of nitrogens with zero attached hydrogens (tertiary/aromatic N) is 1. The van der Waals surface area contributed by atoms with Gasteiger partial charge in [-0.2, -0.15) is 0 Å². The van der Waals surface area contributed by atoms with Gasteiger partial charge in [0.15, 0.2) is 5.70 Å². The van der Waals surface area contributed by atoms with Crippen molar-refractivity contribution in [3.8, 4) is 0 Å². The molecule has 2 N–H and O–H groups in total. The molecule has 0 spiro atoms. The highest BCUT2D eigenvalue weighted by atomic mass is 35.5. The molecular weight excluding hydrogens is 172 g/mol. The van der Waals surface area contributed by atoms with E-state index in [-0.39, 0.29) is 12.4 Å². The fourth-order valence-electron chi connectivity index (χ4n) is 1.36. The van der Waals surface area contributed by atoms with Gasteiger partial charge in [0.1, 0.15) is 6.54 Å². The van der Waals surface area contributed by atoms with Crippen molar-refractivity contribution in [3.05, 3.63) is 24.4 Å². The first-order chi connectivity index (χ1) is 5.13.